The smallest absolute Gasteiger partial charge is 0.346 e. The second-order valence-corrected chi connectivity index (χ2v) is 8.52. The Morgan fingerprint density at radius 3 is 2.44 bits per heavy atom. The summed E-state index contributed by atoms with van der Waals surface area (Å²) in [6, 6.07) is 7.42. The molecule has 0 saturated carbocycles. The van der Waals surface area contributed by atoms with Crippen molar-refractivity contribution < 1.29 is 19.1 Å². The Morgan fingerprint density at radius 1 is 1.22 bits per heavy atom. The van der Waals surface area contributed by atoms with Crippen molar-refractivity contribution >= 4 is 46.0 Å². The molecule has 1 aromatic rings. The van der Waals surface area contributed by atoms with Gasteiger partial charge >= 0.3 is 5.97 Å². The molecule has 27 heavy (non-hydrogen) atoms. The van der Waals surface area contributed by atoms with Gasteiger partial charge in [0.05, 0.1) is 19.4 Å². The van der Waals surface area contributed by atoms with Gasteiger partial charge in [-0.15, -0.1) is 0 Å². The lowest BCUT2D eigenvalue weighted by Gasteiger charge is -2.39. The van der Waals surface area contributed by atoms with Crippen LogP contribution in [0.15, 0.2) is 40.0 Å². The molecule has 1 spiro atoms. The summed E-state index contributed by atoms with van der Waals surface area (Å²) in [6.45, 7) is 5.44. The van der Waals surface area contributed by atoms with Crippen LogP contribution < -0.4 is 9.75 Å². The van der Waals surface area contributed by atoms with Gasteiger partial charge in [-0.05, 0) is 49.9 Å². The molecule has 0 saturated heterocycles. The van der Waals surface area contributed by atoms with Crippen LogP contribution in [0, 0.1) is 0 Å². The fourth-order valence-electron chi connectivity index (χ4n) is 2.73. The molecule has 0 fully saturated rings. The van der Waals surface area contributed by atoms with Gasteiger partial charge in [-0.25, -0.2) is 9.80 Å². The zero-order chi connectivity index (χ0) is 19.8. The fourth-order valence-corrected chi connectivity index (χ4v) is 5.61. The average molecular weight is 408 g/mol. The van der Waals surface area contributed by atoms with Gasteiger partial charge in [-0.2, -0.15) is 5.10 Å². The van der Waals surface area contributed by atoms with Gasteiger partial charge in [-0.3, -0.25) is 4.79 Å². The summed E-state index contributed by atoms with van der Waals surface area (Å²) in [5.74, 6) is 0.242. The molecule has 3 rings (SSSR count). The maximum absolute atomic E-state index is 12.4. The molecular formula is C18H21N3O4S2. The van der Waals surface area contributed by atoms with Crippen molar-refractivity contribution in [3.63, 3.8) is 0 Å². The number of carbonyl (C=O) groups excluding carboxylic acids is 2. The first-order chi connectivity index (χ1) is 12.8. The number of rotatable bonds is 5. The van der Waals surface area contributed by atoms with E-state index < -0.39 is 4.33 Å². The molecule has 0 aromatic heterocycles. The number of Topliss-reactive ketones (excluding diaryl/α,β-unsaturated/α-hetero) is 1. The van der Waals surface area contributed by atoms with E-state index in [1.807, 2.05) is 43.1 Å². The van der Waals surface area contributed by atoms with Crippen LogP contribution in [0.25, 0.3) is 0 Å². The molecule has 2 aliphatic rings. The first-order valence-corrected chi connectivity index (χ1v) is 10.0. The number of ketones is 1. The standard InChI is InChI=1S/C18H21N3O4S2/c1-6-25-17(23)15-11(2)20(4)18(26-15)21(19-16(27-18)12(3)22)13-7-9-14(24-5)10-8-13/h7-10H,6H2,1-5H3/t18-/m0/s1. The number of thioether (sulfide) groups is 2. The number of methoxy groups -OCH3 is 1. The second kappa shape index (κ2) is 7.47. The van der Waals surface area contributed by atoms with E-state index in [1.54, 1.807) is 19.0 Å². The predicted octanol–water partition coefficient (Wildman–Crippen LogP) is 3.24. The minimum Gasteiger partial charge on any atom is -0.497 e. The molecule has 2 heterocycles. The Hall–Kier alpha value is -2.13. The molecule has 0 amide bonds. The van der Waals surface area contributed by atoms with Crippen molar-refractivity contribution in [2.45, 2.75) is 25.1 Å². The second-order valence-electron chi connectivity index (χ2n) is 5.92. The maximum Gasteiger partial charge on any atom is 0.346 e. The number of hydrazone groups is 1. The minimum atomic E-state index is -0.804. The lowest BCUT2D eigenvalue weighted by atomic mass is 10.3. The summed E-state index contributed by atoms with van der Waals surface area (Å²) in [5.41, 5.74) is 1.57. The predicted molar refractivity (Wildman–Crippen MR) is 109 cm³/mol. The van der Waals surface area contributed by atoms with E-state index in [1.165, 1.54) is 30.4 Å². The Kier molecular flexibility index (Phi) is 5.43. The van der Waals surface area contributed by atoms with Gasteiger partial charge in [-0.1, -0.05) is 11.8 Å². The van der Waals surface area contributed by atoms with E-state index in [9.17, 15) is 9.59 Å². The number of benzene rings is 1. The number of anilines is 1. The third-order valence-corrected chi connectivity index (χ3v) is 7.41. The van der Waals surface area contributed by atoms with E-state index in [2.05, 4.69) is 5.10 Å². The number of allylic oxidation sites excluding steroid dienone is 1. The first-order valence-electron chi connectivity index (χ1n) is 8.37. The molecule has 1 aromatic carbocycles. The van der Waals surface area contributed by atoms with Crippen molar-refractivity contribution in [1.82, 2.24) is 4.90 Å². The van der Waals surface area contributed by atoms with E-state index in [-0.39, 0.29) is 11.8 Å². The third-order valence-electron chi connectivity index (χ3n) is 4.26. The van der Waals surface area contributed by atoms with Crippen molar-refractivity contribution in [2.75, 3.05) is 25.8 Å². The monoisotopic (exact) mass is 407 g/mol. The molecule has 0 bridgehead atoms. The van der Waals surface area contributed by atoms with Crippen molar-refractivity contribution in [3.05, 3.63) is 34.9 Å². The van der Waals surface area contributed by atoms with Crippen LogP contribution in [0.1, 0.15) is 20.8 Å². The Bertz CT molecular complexity index is 838. The van der Waals surface area contributed by atoms with Gasteiger partial charge < -0.3 is 14.4 Å². The fraction of sp³-hybridized carbons (Fsp3) is 0.389. The molecule has 0 aliphatic carbocycles. The summed E-state index contributed by atoms with van der Waals surface area (Å²) in [7, 11) is 3.49. The van der Waals surface area contributed by atoms with Gasteiger partial charge in [0.25, 0.3) is 0 Å². The molecule has 0 N–H and O–H groups in total. The summed E-state index contributed by atoms with van der Waals surface area (Å²) >= 11 is 2.67. The van der Waals surface area contributed by atoms with Crippen molar-refractivity contribution in [1.29, 1.82) is 0 Å². The number of esters is 1. The van der Waals surface area contributed by atoms with Crippen LogP contribution in [0.2, 0.25) is 0 Å². The number of nitrogens with zero attached hydrogens (tertiary/aromatic N) is 3. The molecule has 7 nitrogen and oxygen atoms in total. The summed E-state index contributed by atoms with van der Waals surface area (Å²) in [6.07, 6.45) is 0. The van der Waals surface area contributed by atoms with E-state index in [0.29, 0.717) is 16.6 Å². The molecule has 0 radical (unpaired) electrons. The van der Waals surface area contributed by atoms with Gasteiger partial charge in [0.15, 0.2) is 10.8 Å². The van der Waals surface area contributed by atoms with Crippen LogP contribution in [-0.4, -0.2) is 46.8 Å². The van der Waals surface area contributed by atoms with Crippen LogP contribution in [-0.2, 0) is 14.3 Å². The highest BCUT2D eigenvalue weighted by molar-refractivity contribution is 8.28. The van der Waals surface area contributed by atoms with E-state index in [0.717, 1.165) is 17.1 Å². The average Bonchev–Trinajstić information content (AvgIpc) is 3.16. The van der Waals surface area contributed by atoms with Crippen molar-refractivity contribution in [2.24, 2.45) is 5.10 Å². The Labute approximate surface area is 166 Å². The number of ether oxygens (including phenoxy) is 2. The molecule has 9 heteroatoms. The molecule has 1 atom stereocenters. The molecule has 2 aliphatic heterocycles. The van der Waals surface area contributed by atoms with Crippen molar-refractivity contribution in [3.8, 4) is 5.75 Å². The largest absolute Gasteiger partial charge is 0.497 e. The Balaban J connectivity index is 2.02. The summed E-state index contributed by atoms with van der Waals surface area (Å²) in [5, 5.41) is 6.72. The van der Waals surface area contributed by atoms with E-state index in [4.69, 9.17) is 9.47 Å². The van der Waals surface area contributed by atoms with Gasteiger partial charge in [0.2, 0.25) is 4.33 Å². The third kappa shape index (κ3) is 3.29. The lowest BCUT2D eigenvalue weighted by Crippen LogP contribution is -2.47. The lowest BCUT2D eigenvalue weighted by molar-refractivity contribution is -0.137. The number of carbonyl (C=O) groups is 2. The van der Waals surface area contributed by atoms with Crippen LogP contribution in [0.5, 0.6) is 5.75 Å². The first kappa shape index (κ1) is 19.6. The highest BCUT2D eigenvalue weighted by atomic mass is 32.2. The molecule has 0 unspecified atom stereocenters. The summed E-state index contributed by atoms with van der Waals surface area (Å²) in [4.78, 5) is 26.9. The number of hydrogen-bond acceptors (Lipinski definition) is 9. The molecular weight excluding hydrogens is 386 g/mol. The summed E-state index contributed by atoms with van der Waals surface area (Å²) < 4.78 is 9.62. The Morgan fingerprint density at radius 2 is 1.89 bits per heavy atom. The minimum absolute atomic E-state index is 0.119. The normalized spacial score (nSPS) is 21.7. The van der Waals surface area contributed by atoms with Crippen LogP contribution >= 0.6 is 23.5 Å². The number of hydrogen-bond donors (Lipinski definition) is 0. The van der Waals surface area contributed by atoms with E-state index >= 15 is 0 Å². The molecule has 144 valence electrons. The highest BCUT2D eigenvalue weighted by Crippen LogP contribution is 2.58. The quantitative estimate of drug-likeness (QED) is 0.689. The SMILES string of the molecule is CCOC(=O)C1=C(C)N(C)[C@@]2(SC(C(C)=O)=NN2c2ccc(OC)cc2)S1. The zero-order valence-electron chi connectivity index (χ0n) is 15.8. The maximum atomic E-state index is 12.4. The highest BCUT2D eigenvalue weighted by Gasteiger charge is 2.56. The zero-order valence-corrected chi connectivity index (χ0v) is 17.4. The van der Waals surface area contributed by atoms with Gasteiger partial charge in [0, 0.05) is 19.7 Å². The van der Waals surface area contributed by atoms with Crippen LogP contribution in [0.3, 0.4) is 0 Å². The van der Waals surface area contributed by atoms with Crippen LogP contribution in [0.4, 0.5) is 5.69 Å². The van der Waals surface area contributed by atoms with Gasteiger partial charge in [0.1, 0.15) is 10.7 Å². The topological polar surface area (TPSA) is 71.4 Å².